The topological polar surface area (TPSA) is 340 Å². The highest BCUT2D eigenvalue weighted by Crippen LogP contribution is 2.43. The van der Waals surface area contributed by atoms with Crippen LogP contribution in [-0.2, 0) is 59.9 Å². The summed E-state index contributed by atoms with van der Waals surface area (Å²) in [7, 11) is 3.57. The highest BCUT2D eigenvalue weighted by Gasteiger charge is 2.35. The van der Waals surface area contributed by atoms with Gasteiger partial charge in [-0.25, -0.2) is 33.2 Å². The van der Waals surface area contributed by atoms with Crippen LogP contribution in [0.15, 0.2) is 239 Å². The number of hydrogen-bond donors (Lipinski definition) is 4. The number of ether oxygens (including phenoxy) is 6. The third kappa shape index (κ3) is 25.4. The van der Waals surface area contributed by atoms with Crippen LogP contribution in [0.3, 0.4) is 0 Å². The van der Waals surface area contributed by atoms with Gasteiger partial charge in [-0.15, -0.1) is 0 Å². The van der Waals surface area contributed by atoms with Gasteiger partial charge in [0, 0.05) is 155 Å². The molecule has 10 aromatic carbocycles. The lowest BCUT2D eigenvalue weighted by Crippen LogP contribution is -2.43. The summed E-state index contributed by atoms with van der Waals surface area (Å²) in [6, 6.07) is 58.1. The van der Waals surface area contributed by atoms with E-state index in [0.717, 1.165) is 130 Å². The molecule has 140 heavy (non-hydrogen) atoms. The Balaban J connectivity index is 0.000000142. The Labute approximate surface area is 823 Å². The summed E-state index contributed by atoms with van der Waals surface area (Å²) >= 11 is 0. The summed E-state index contributed by atoms with van der Waals surface area (Å²) in [5.41, 5.74) is 11.5. The van der Waals surface area contributed by atoms with Gasteiger partial charge in [0.15, 0.2) is 25.6 Å². The number of piperazine rings is 3. The van der Waals surface area contributed by atoms with Gasteiger partial charge in [0.05, 0.1) is 85.1 Å². The Hall–Kier alpha value is -12.7. The lowest BCUT2D eigenvalue weighted by Gasteiger charge is -2.32. The second kappa shape index (κ2) is 46.6. The Morgan fingerprint density at radius 1 is 0.443 bits per heavy atom. The zero-order chi connectivity index (χ0) is 101. The smallest absolute Gasteiger partial charge is 0.268 e. The third-order valence-electron chi connectivity index (χ3n) is 25.3. The summed E-state index contributed by atoms with van der Waals surface area (Å²) in [5.74, 6) is 3.93. The molecule has 9 heterocycles. The zero-order valence-electron chi connectivity index (χ0n) is 81.1. The van der Waals surface area contributed by atoms with Crippen LogP contribution in [0.4, 0.5) is 0 Å². The van der Waals surface area contributed by atoms with Gasteiger partial charge >= 0.3 is 0 Å². The molecular formula is C107H122ClN9O20S3. The van der Waals surface area contributed by atoms with Crippen LogP contribution in [0.1, 0.15) is 126 Å². The number of likely N-dealkylation sites (N-methyl/N-ethyl adjacent to an activating group) is 3. The number of benzene rings is 10. The lowest BCUT2D eigenvalue weighted by molar-refractivity contribution is 0.0953. The fraction of sp³-hybridized carbons (Fsp3) is 0.327. The lowest BCUT2D eigenvalue weighted by atomic mass is 10.0. The van der Waals surface area contributed by atoms with Crippen LogP contribution in [0.25, 0.3) is 33.6 Å². The van der Waals surface area contributed by atoms with E-state index >= 15 is 0 Å². The minimum Gasteiger partial charge on any atom is -0.508 e. The van der Waals surface area contributed by atoms with Gasteiger partial charge in [0.1, 0.15) is 57.5 Å². The van der Waals surface area contributed by atoms with E-state index in [1.54, 1.807) is 128 Å². The van der Waals surface area contributed by atoms with Crippen molar-refractivity contribution in [2.45, 2.75) is 108 Å². The highest BCUT2D eigenvalue weighted by molar-refractivity contribution is 8.13. The van der Waals surface area contributed by atoms with Crippen LogP contribution >= 0.6 is 10.7 Å². The monoisotopic (exact) mass is 1980 g/mol. The molecule has 4 N–H and O–H groups in total. The zero-order valence-corrected chi connectivity index (χ0v) is 84.3. The molecular weight excluding hydrogens is 1860 g/mol. The molecule has 0 radical (unpaired) electrons. The maximum atomic E-state index is 13.6. The van der Waals surface area contributed by atoms with Crippen LogP contribution in [0, 0.1) is 20.8 Å². The molecule has 0 spiro atoms. The van der Waals surface area contributed by atoms with E-state index in [1.807, 2.05) is 57.2 Å². The van der Waals surface area contributed by atoms with E-state index in [9.17, 15) is 59.8 Å². The van der Waals surface area contributed by atoms with Gasteiger partial charge in [0.2, 0.25) is 23.1 Å². The van der Waals surface area contributed by atoms with Crippen molar-refractivity contribution >= 4 is 96.6 Å². The van der Waals surface area contributed by atoms with Crippen LogP contribution in [-0.4, -0.2) is 263 Å². The SMILES string of the molecule is CCN(C(C)C)C(C)C.CN1CCN(Cc2c(O)ccc3c2OCC3=O)CC1.CN1CCN(Cc2c(O)ccc3c2OCC3=O)CC1.COC1=CCc2ccccc21.COc1cn(S(=O)(=O)c2ccc(C)cc2)c2ccccc12.Cc1ccc(S(=O)(=O)Cl)cc1.Cc1ccc(S(=O)(=O)n2cc(/C=C3\Oc4c(ccc(O)c4CN4CCN(C)CC4)C3=O)c3ccccc32)cc1.O=C1COc2cc(O)ccc21. The Morgan fingerprint density at radius 2 is 0.843 bits per heavy atom. The molecule has 0 amide bonds. The fourth-order valence-electron chi connectivity index (χ4n) is 17.2. The first-order valence-corrected chi connectivity index (χ1v) is 51.5. The Kier molecular flexibility index (Phi) is 34.8. The van der Waals surface area contributed by atoms with Crippen LogP contribution in [0.5, 0.6) is 51.7 Å². The normalized spacial score (nSPS) is 16.1. The number of halogens is 1. The van der Waals surface area contributed by atoms with Crippen molar-refractivity contribution in [3.8, 4) is 51.7 Å². The number of phenolic OH excluding ortho intramolecular Hbond substituents is 4. The first kappa shape index (κ1) is 105. The molecule has 0 atom stereocenters. The molecule has 1 aliphatic carbocycles. The molecule has 8 aliphatic rings. The molecule has 740 valence electrons. The maximum Gasteiger partial charge on any atom is 0.268 e. The highest BCUT2D eigenvalue weighted by atomic mass is 35.7. The molecule has 0 bridgehead atoms. The summed E-state index contributed by atoms with van der Waals surface area (Å²) in [4.78, 5) is 64.3. The van der Waals surface area contributed by atoms with Crippen molar-refractivity contribution in [2.24, 2.45) is 0 Å². The van der Waals surface area contributed by atoms with Crippen molar-refractivity contribution in [3.05, 3.63) is 297 Å². The van der Waals surface area contributed by atoms with Gasteiger partial charge in [-0.1, -0.05) is 115 Å². The second-order valence-electron chi connectivity index (χ2n) is 35.8. The second-order valence-corrected chi connectivity index (χ2v) is 42.0. The summed E-state index contributed by atoms with van der Waals surface area (Å²) in [6.45, 7) is 31.6. The number of rotatable bonds is 17. The number of fused-ring (bicyclic) bond motifs is 7. The van der Waals surface area contributed by atoms with Gasteiger partial charge in [-0.2, -0.15) is 0 Å². The summed E-state index contributed by atoms with van der Waals surface area (Å²) < 4.78 is 109. The Morgan fingerprint density at radius 3 is 1.29 bits per heavy atom. The third-order valence-corrected chi connectivity index (χ3v) is 30.0. The maximum absolute atomic E-state index is 13.6. The largest absolute Gasteiger partial charge is 0.508 e. The minimum absolute atomic E-state index is 0.00497. The number of methoxy groups -OCH3 is 2. The van der Waals surface area contributed by atoms with E-state index in [2.05, 4.69) is 114 Å². The predicted molar refractivity (Wildman–Crippen MR) is 543 cm³/mol. The fourth-order valence-corrected chi connectivity index (χ4v) is 20.7. The van der Waals surface area contributed by atoms with Crippen molar-refractivity contribution in [2.75, 3.05) is 140 Å². The van der Waals surface area contributed by atoms with E-state index in [1.165, 1.54) is 68.9 Å². The molecule has 2 aromatic heterocycles. The van der Waals surface area contributed by atoms with Crippen molar-refractivity contribution in [3.63, 3.8) is 0 Å². The van der Waals surface area contributed by atoms with Crippen LogP contribution < -0.4 is 23.7 Å². The number of aromatic nitrogens is 2. The first-order valence-electron chi connectivity index (χ1n) is 46.3. The van der Waals surface area contributed by atoms with E-state index in [0.29, 0.717) is 110 Å². The summed E-state index contributed by atoms with van der Waals surface area (Å²) in [6.07, 6.45) is 7.75. The standard InChI is InChI=1S/C30H29N3O5S.C16H15NO3S.2C14H18N2O3.C10H10O.C8H19N.C8H6O3.C7H7ClO2S/c1-20-7-9-22(10-8-20)39(36,37)33-18-21(23-5-3-4-6-26(23)33)17-28-29(35)24-11-12-27(34)25(30(24)38-28)19-32-15-13-31(2)14-16-32;1-12-7-9-13(10-8-12)21(18,19)17-11-16(20-2)14-5-3-4-6-15(14)17;2*1-15-4-6-16(7-5-15)8-11-12(17)3-2-10-13(18)9-19-14(10)11;1-11-10-7-6-8-4-2-3-5-9(8)10;1-6-9(7(2)3)8(4)5;9-5-1-2-6-7(10)4-11-8(6)3-5;1-6-2-4-7(5-3-6)11(8,9)10/h3-12,17-18,34H,13-16,19H2,1-2H3;3-11H,1-2H3;2*2-3,17H,4-9H2,1H3;2-5,7H,6H2,1H3;7-8H,6H2,1-5H3;1-3,9H,4H2;2-5H,1H3/b28-17-;;;;;;;. The molecule has 12 aromatic rings. The molecule has 7 aliphatic heterocycles. The molecule has 29 nitrogen and oxygen atoms in total. The summed E-state index contributed by atoms with van der Waals surface area (Å²) in [5, 5.41) is 41.1. The van der Waals surface area contributed by atoms with Gasteiger partial charge < -0.3 is 63.5 Å². The van der Waals surface area contributed by atoms with E-state index in [-0.39, 0.29) is 86.4 Å². The molecule has 20 rings (SSSR count). The average molecular weight is 1990 g/mol. The number of nitrogens with zero attached hydrogens (tertiary/aromatic N) is 9. The minimum atomic E-state index is -3.88. The number of carbonyl (C=O) groups is 4. The average Bonchev–Trinajstić information content (AvgIpc) is 1.60. The number of phenols is 4. The van der Waals surface area contributed by atoms with Gasteiger partial charge in [-0.3, -0.25) is 38.8 Å². The van der Waals surface area contributed by atoms with Crippen molar-refractivity contribution in [1.29, 1.82) is 0 Å². The number of carbonyl (C=O) groups excluding carboxylic acids is 4. The molecule has 33 heteroatoms. The number of ketones is 4. The number of aromatic hydroxyl groups is 4. The van der Waals surface area contributed by atoms with E-state index < -0.39 is 29.1 Å². The predicted octanol–water partition coefficient (Wildman–Crippen LogP) is 16.1. The number of hydrogen-bond acceptors (Lipinski definition) is 27. The number of aryl methyl sites for hydroxylation is 3. The number of Topliss-reactive ketones (excluding diaryl/α,β-unsaturated/α-hetero) is 4. The quantitative estimate of drug-likeness (QED) is 0.0486. The molecule has 0 saturated carbocycles. The van der Waals surface area contributed by atoms with Gasteiger partial charge in [0.25, 0.3) is 29.1 Å². The number of para-hydroxylation sites is 2. The first-order chi connectivity index (χ1) is 66.8. The Bertz CT molecular complexity index is 6800. The van der Waals surface area contributed by atoms with E-state index in [4.69, 9.17) is 44.2 Å². The molecule has 3 saturated heterocycles. The number of allylic oxidation sites excluding steroid dienone is 2. The van der Waals surface area contributed by atoms with Gasteiger partial charge in [-0.05, 0) is 203 Å². The molecule has 3 fully saturated rings. The molecule has 0 unspecified atom stereocenters. The van der Waals surface area contributed by atoms with Crippen molar-refractivity contribution < 1.29 is 93.3 Å². The van der Waals surface area contributed by atoms with Crippen LogP contribution in [0.2, 0.25) is 0 Å². The van der Waals surface area contributed by atoms with Crippen molar-refractivity contribution in [1.82, 2.24) is 42.2 Å².